The summed E-state index contributed by atoms with van der Waals surface area (Å²) in [5.41, 5.74) is 5.88. The van der Waals surface area contributed by atoms with Gasteiger partial charge in [-0.1, -0.05) is 19.9 Å². The van der Waals surface area contributed by atoms with Crippen molar-refractivity contribution in [2.45, 2.75) is 20.3 Å². The molecule has 6 heteroatoms. The van der Waals surface area contributed by atoms with Gasteiger partial charge in [-0.2, -0.15) is 0 Å². The van der Waals surface area contributed by atoms with Gasteiger partial charge in [-0.3, -0.25) is 4.99 Å². The Balaban J connectivity index is 0.00000220. The number of aliphatic imine (C=N–C) groups is 1. The normalized spacial score (nSPS) is 19.6. The second-order valence-corrected chi connectivity index (χ2v) is 5.87. The number of nitrogens with one attached hydrogen (secondary N) is 1. The highest BCUT2D eigenvalue weighted by molar-refractivity contribution is 14.0. The van der Waals surface area contributed by atoms with E-state index < -0.39 is 0 Å². The molecule has 1 fully saturated rings. The zero-order valence-corrected chi connectivity index (χ0v) is 15.2. The molecular weight excluding hydrogens is 377 g/mol. The van der Waals surface area contributed by atoms with E-state index in [1.165, 1.54) is 19.5 Å². The zero-order valence-electron chi connectivity index (χ0n) is 12.8. The number of aromatic nitrogens is 1. The summed E-state index contributed by atoms with van der Waals surface area (Å²) in [4.78, 5) is 11.1. The fraction of sp³-hybridized carbons (Fsp3) is 0.600. The number of anilines is 1. The fourth-order valence-electron chi connectivity index (χ4n) is 2.58. The van der Waals surface area contributed by atoms with Gasteiger partial charge in [0.25, 0.3) is 0 Å². The zero-order chi connectivity index (χ0) is 14.4. The van der Waals surface area contributed by atoms with Crippen LogP contribution in [0.15, 0.2) is 29.4 Å². The van der Waals surface area contributed by atoms with Crippen LogP contribution in [0, 0.1) is 11.8 Å². The lowest BCUT2D eigenvalue weighted by molar-refractivity contribution is 0.288. The van der Waals surface area contributed by atoms with Crippen molar-refractivity contribution in [3.05, 3.63) is 24.4 Å². The van der Waals surface area contributed by atoms with Crippen molar-refractivity contribution in [1.29, 1.82) is 0 Å². The standard InChI is InChI=1S/C15H25N5.HI/c1-12(2)10-20-8-6-13(11-20)9-18-15(16)19-14-5-3-4-7-17-14;/h3-5,7,12-13H,6,8-11H2,1-2H3,(H3,16,17,18,19);1H. The van der Waals surface area contributed by atoms with Gasteiger partial charge in [-0.15, -0.1) is 24.0 Å². The average molecular weight is 403 g/mol. The van der Waals surface area contributed by atoms with Crippen LogP contribution in [0.5, 0.6) is 0 Å². The highest BCUT2D eigenvalue weighted by atomic mass is 127. The number of rotatable bonds is 5. The molecule has 1 unspecified atom stereocenters. The van der Waals surface area contributed by atoms with Crippen molar-refractivity contribution in [2.24, 2.45) is 22.6 Å². The van der Waals surface area contributed by atoms with Crippen LogP contribution in [-0.2, 0) is 0 Å². The molecule has 0 spiro atoms. The Labute approximate surface area is 144 Å². The maximum Gasteiger partial charge on any atom is 0.194 e. The summed E-state index contributed by atoms with van der Waals surface area (Å²) in [6.07, 6.45) is 2.95. The Morgan fingerprint density at radius 1 is 1.52 bits per heavy atom. The first kappa shape index (κ1) is 18.2. The highest BCUT2D eigenvalue weighted by Crippen LogP contribution is 2.17. The molecular formula is C15H26IN5. The summed E-state index contributed by atoms with van der Waals surface area (Å²) in [6.45, 7) is 8.83. The molecule has 0 aromatic carbocycles. The quantitative estimate of drug-likeness (QED) is 0.450. The molecule has 1 aromatic heterocycles. The van der Waals surface area contributed by atoms with Gasteiger partial charge < -0.3 is 16.0 Å². The van der Waals surface area contributed by atoms with E-state index >= 15 is 0 Å². The Bertz CT molecular complexity index is 435. The van der Waals surface area contributed by atoms with E-state index in [0.29, 0.717) is 11.9 Å². The minimum atomic E-state index is 0. The molecule has 0 bridgehead atoms. The molecule has 21 heavy (non-hydrogen) atoms. The largest absolute Gasteiger partial charge is 0.370 e. The van der Waals surface area contributed by atoms with Crippen molar-refractivity contribution >= 4 is 35.8 Å². The van der Waals surface area contributed by atoms with E-state index in [-0.39, 0.29) is 24.0 Å². The Hall–Kier alpha value is -0.890. The van der Waals surface area contributed by atoms with Gasteiger partial charge in [0.2, 0.25) is 0 Å². The van der Waals surface area contributed by atoms with Crippen molar-refractivity contribution < 1.29 is 0 Å². The molecule has 1 aromatic rings. The molecule has 2 rings (SSSR count). The van der Waals surface area contributed by atoms with Crippen LogP contribution >= 0.6 is 24.0 Å². The SMILES string of the molecule is CC(C)CN1CCC(CN=C(N)Nc2ccccn2)C1.I. The summed E-state index contributed by atoms with van der Waals surface area (Å²) in [5.74, 6) is 2.54. The summed E-state index contributed by atoms with van der Waals surface area (Å²) in [5, 5.41) is 3.01. The second kappa shape index (κ2) is 9.19. The lowest BCUT2D eigenvalue weighted by Crippen LogP contribution is -2.27. The topological polar surface area (TPSA) is 66.5 Å². The first-order valence-corrected chi connectivity index (χ1v) is 7.34. The molecule has 118 valence electrons. The van der Waals surface area contributed by atoms with Gasteiger partial charge in [0, 0.05) is 25.8 Å². The minimum Gasteiger partial charge on any atom is -0.370 e. The monoisotopic (exact) mass is 403 g/mol. The number of pyridine rings is 1. The predicted molar refractivity (Wildman–Crippen MR) is 99.1 cm³/mol. The van der Waals surface area contributed by atoms with Gasteiger partial charge >= 0.3 is 0 Å². The molecule has 0 saturated carbocycles. The smallest absolute Gasteiger partial charge is 0.194 e. The molecule has 5 nitrogen and oxygen atoms in total. The van der Waals surface area contributed by atoms with E-state index in [9.17, 15) is 0 Å². The second-order valence-electron chi connectivity index (χ2n) is 5.87. The molecule has 1 saturated heterocycles. The third kappa shape index (κ3) is 6.60. The summed E-state index contributed by atoms with van der Waals surface area (Å²) >= 11 is 0. The van der Waals surface area contributed by atoms with Gasteiger partial charge in [-0.05, 0) is 36.9 Å². The van der Waals surface area contributed by atoms with Crippen LogP contribution < -0.4 is 11.1 Å². The lowest BCUT2D eigenvalue weighted by Gasteiger charge is -2.17. The van der Waals surface area contributed by atoms with Crippen LogP contribution in [0.25, 0.3) is 0 Å². The number of guanidine groups is 1. The predicted octanol–water partition coefficient (Wildman–Crippen LogP) is 2.40. The van der Waals surface area contributed by atoms with Crippen LogP contribution in [0.3, 0.4) is 0 Å². The molecule has 3 N–H and O–H groups in total. The van der Waals surface area contributed by atoms with Crippen LogP contribution in [-0.4, -0.2) is 42.0 Å². The first-order chi connectivity index (χ1) is 9.63. The highest BCUT2D eigenvalue weighted by Gasteiger charge is 2.22. The molecule has 0 amide bonds. The van der Waals surface area contributed by atoms with E-state index in [4.69, 9.17) is 5.73 Å². The van der Waals surface area contributed by atoms with Crippen LogP contribution in [0.4, 0.5) is 5.82 Å². The average Bonchev–Trinajstić information content (AvgIpc) is 2.84. The Morgan fingerprint density at radius 2 is 2.33 bits per heavy atom. The van der Waals surface area contributed by atoms with Crippen LogP contribution in [0.1, 0.15) is 20.3 Å². The summed E-state index contributed by atoms with van der Waals surface area (Å²) < 4.78 is 0. The molecule has 1 aliphatic rings. The number of likely N-dealkylation sites (tertiary alicyclic amines) is 1. The van der Waals surface area contributed by atoms with Gasteiger partial charge in [0.1, 0.15) is 5.82 Å². The molecule has 0 aliphatic carbocycles. The first-order valence-electron chi connectivity index (χ1n) is 7.34. The minimum absolute atomic E-state index is 0. The lowest BCUT2D eigenvalue weighted by atomic mass is 10.1. The summed E-state index contributed by atoms with van der Waals surface area (Å²) in [6, 6.07) is 5.67. The third-order valence-corrected chi connectivity index (χ3v) is 3.43. The van der Waals surface area contributed by atoms with E-state index in [1.54, 1.807) is 6.20 Å². The fourth-order valence-corrected chi connectivity index (χ4v) is 2.58. The Kier molecular flexibility index (Phi) is 7.95. The number of nitrogens with two attached hydrogens (primary N) is 1. The van der Waals surface area contributed by atoms with E-state index in [2.05, 4.69) is 34.0 Å². The molecule has 2 heterocycles. The third-order valence-electron chi connectivity index (χ3n) is 3.43. The number of halogens is 1. The maximum absolute atomic E-state index is 5.88. The van der Waals surface area contributed by atoms with Crippen molar-refractivity contribution in [3.63, 3.8) is 0 Å². The molecule has 0 radical (unpaired) electrons. The van der Waals surface area contributed by atoms with E-state index in [1.807, 2.05) is 18.2 Å². The van der Waals surface area contributed by atoms with Gasteiger partial charge in [0.05, 0.1) is 0 Å². The Morgan fingerprint density at radius 3 is 3.00 bits per heavy atom. The van der Waals surface area contributed by atoms with Crippen LogP contribution in [0.2, 0.25) is 0 Å². The van der Waals surface area contributed by atoms with Crippen molar-refractivity contribution in [1.82, 2.24) is 9.88 Å². The number of hydrogen-bond acceptors (Lipinski definition) is 3. The number of nitrogens with zero attached hydrogens (tertiary/aromatic N) is 3. The van der Waals surface area contributed by atoms with Gasteiger partial charge in [0.15, 0.2) is 5.96 Å². The summed E-state index contributed by atoms with van der Waals surface area (Å²) in [7, 11) is 0. The van der Waals surface area contributed by atoms with E-state index in [0.717, 1.165) is 24.8 Å². The molecule has 1 aliphatic heterocycles. The maximum atomic E-state index is 5.88. The molecule has 1 atom stereocenters. The van der Waals surface area contributed by atoms with Gasteiger partial charge in [-0.25, -0.2) is 4.98 Å². The van der Waals surface area contributed by atoms with Crippen molar-refractivity contribution in [2.75, 3.05) is 31.5 Å². The van der Waals surface area contributed by atoms with Crippen molar-refractivity contribution in [3.8, 4) is 0 Å². The number of hydrogen-bond donors (Lipinski definition) is 2.